The van der Waals surface area contributed by atoms with E-state index in [0.29, 0.717) is 32.5 Å². The number of carbonyl (C=O) groups excluding carboxylic acids is 2. The van der Waals surface area contributed by atoms with E-state index in [1.807, 2.05) is 30.3 Å². The quantitative estimate of drug-likeness (QED) is 0.792. The van der Waals surface area contributed by atoms with Gasteiger partial charge in [0.05, 0.1) is 19.1 Å². The molecule has 1 aromatic carbocycles. The van der Waals surface area contributed by atoms with Crippen LogP contribution < -0.4 is 0 Å². The first-order chi connectivity index (χ1) is 12.4. The summed E-state index contributed by atoms with van der Waals surface area (Å²) in [5.41, 5.74) is 0.979. The van der Waals surface area contributed by atoms with Crippen molar-refractivity contribution in [1.29, 1.82) is 0 Å². The van der Waals surface area contributed by atoms with Crippen LogP contribution in [0.25, 0.3) is 0 Å². The van der Waals surface area contributed by atoms with Crippen LogP contribution in [0.3, 0.4) is 0 Å². The fourth-order valence-electron chi connectivity index (χ4n) is 2.93. The van der Waals surface area contributed by atoms with E-state index in [-0.39, 0.29) is 24.3 Å². The molecule has 2 rings (SSSR count). The van der Waals surface area contributed by atoms with Gasteiger partial charge in [0.1, 0.15) is 6.10 Å². The largest absolute Gasteiger partial charge is 0.481 e. The topological polar surface area (TPSA) is 87.2 Å². The second kappa shape index (κ2) is 9.33. The van der Waals surface area contributed by atoms with Gasteiger partial charge in [-0.05, 0) is 25.3 Å². The molecule has 1 unspecified atom stereocenters. The maximum Gasteiger partial charge on any atom is 0.306 e. The standard InChI is InChI=1S/C19H26N2O5/c1-14(26-13-15-6-4-3-5-7-15)18(23)20(2)12-17(22)21-10-8-16(9-11-21)19(24)25/h3-7,14,16H,8-13H2,1-2H3,(H,24,25). The van der Waals surface area contributed by atoms with Gasteiger partial charge in [0.15, 0.2) is 0 Å². The average Bonchev–Trinajstić information content (AvgIpc) is 2.66. The van der Waals surface area contributed by atoms with Gasteiger partial charge in [0.2, 0.25) is 5.91 Å². The SMILES string of the molecule is CC(OCc1ccccc1)C(=O)N(C)CC(=O)N1CCC(C(=O)O)CC1. The van der Waals surface area contributed by atoms with E-state index < -0.39 is 12.1 Å². The highest BCUT2D eigenvalue weighted by Gasteiger charge is 2.28. The van der Waals surface area contributed by atoms with Crippen molar-refractivity contribution >= 4 is 17.8 Å². The second-order valence-electron chi connectivity index (χ2n) is 6.63. The number of likely N-dealkylation sites (N-methyl/N-ethyl adjacent to an activating group) is 1. The molecular weight excluding hydrogens is 336 g/mol. The summed E-state index contributed by atoms with van der Waals surface area (Å²) >= 11 is 0. The third kappa shape index (κ3) is 5.56. The van der Waals surface area contributed by atoms with E-state index in [1.54, 1.807) is 18.9 Å². The van der Waals surface area contributed by atoms with Crippen LogP contribution in [0, 0.1) is 5.92 Å². The van der Waals surface area contributed by atoms with Crippen LogP contribution in [0.15, 0.2) is 30.3 Å². The van der Waals surface area contributed by atoms with Gasteiger partial charge in [-0.25, -0.2) is 0 Å². The van der Waals surface area contributed by atoms with Crippen molar-refractivity contribution in [3.05, 3.63) is 35.9 Å². The molecule has 1 atom stereocenters. The van der Waals surface area contributed by atoms with Gasteiger partial charge < -0.3 is 19.6 Å². The van der Waals surface area contributed by atoms with Crippen LogP contribution in [0.1, 0.15) is 25.3 Å². The van der Waals surface area contributed by atoms with Crippen LogP contribution >= 0.6 is 0 Å². The summed E-state index contributed by atoms with van der Waals surface area (Å²) in [6, 6.07) is 9.57. The van der Waals surface area contributed by atoms with Gasteiger partial charge >= 0.3 is 5.97 Å². The average molecular weight is 362 g/mol. The Morgan fingerprint density at radius 2 is 1.85 bits per heavy atom. The molecule has 0 bridgehead atoms. The highest BCUT2D eigenvalue weighted by Crippen LogP contribution is 2.17. The number of benzene rings is 1. The highest BCUT2D eigenvalue weighted by molar-refractivity contribution is 5.86. The Morgan fingerprint density at radius 1 is 1.23 bits per heavy atom. The summed E-state index contributed by atoms with van der Waals surface area (Å²) in [6.07, 6.45) is 0.260. The van der Waals surface area contributed by atoms with Gasteiger partial charge in [-0.15, -0.1) is 0 Å². The number of amides is 2. The molecule has 142 valence electrons. The molecular formula is C19H26N2O5. The van der Waals surface area contributed by atoms with Crippen LogP contribution in [0.5, 0.6) is 0 Å². The second-order valence-corrected chi connectivity index (χ2v) is 6.63. The van der Waals surface area contributed by atoms with Crippen LogP contribution in [0.4, 0.5) is 0 Å². The summed E-state index contributed by atoms with van der Waals surface area (Å²) in [5, 5.41) is 9.01. The molecule has 0 aromatic heterocycles. The number of piperidine rings is 1. The van der Waals surface area contributed by atoms with E-state index in [4.69, 9.17) is 9.84 Å². The summed E-state index contributed by atoms with van der Waals surface area (Å²) < 4.78 is 5.60. The van der Waals surface area contributed by atoms with Gasteiger partial charge in [-0.2, -0.15) is 0 Å². The van der Waals surface area contributed by atoms with Gasteiger partial charge in [0.25, 0.3) is 5.91 Å². The molecule has 0 saturated carbocycles. The first-order valence-corrected chi connectivity index (χ1v) is 8.79. The zero-order chi connectivity index (χ0) is 19.1. The predicted octanol–water partition coefficient (Wildman–Crippen LogP) is 1.37. The fraction of sp³-hybridized carbons (Fsp3) is 0.526. The molecule has 0 spiro atoms. The minimum Gasteiger partial charge on any atom is -0.481 e. The van der Waals surface area contributed by atoms with Crippen molar-refractivity contribution in [3.8, 4) is 0 Å². The first kappa shape index (κ1) is 19.9. The van der Waals surface area contributed by atoms with Crippen LogP contribution in [-0.4, -0.2) is 65.5 Å². The van der Waals surface area contributed by atoms with E-state index in [2.05, 4.69) is 0 Å². The molecule has 0 aliphatic carbocycles. The molecule has 1 saturated heterocycles. The lowest BCUT2D eigenvalue weighted by Gasteiger charge is -2.31. The Hall–Kier alpha value is -2.41. The number of hydrogen-bond acceptors (Lipinski definition) is 4. The van der Waals surface area contributed by atoms with Gasteiger partial charge in [0, 0.05) is 20.1 Å². The lowest BCUT2D eigenvalue weighted by molar-refractivity contribution is -0.149. The molecule has 1 aromatic rings. The molecule has 1 aliphatic rings. The number of likely N-dealkylation sites (tertiary alicyclic amines) is 1. The number of carboxylic acids is 1. The number of nitrogens with zero attached hydrogens (tertiary/aromatic N) is 2. The third-order valence-corrected chi connectivity index (χ3v) is 4.64. The van der Waals surface area contributed by atoms with E-state index in [1.165, 1.54) is 4.90 Å². The Labute approximate surface area is 153 Å². The fourth-order valence-corrected chi connectivity index (χ4v) is 2.93. The van der Waals surface area contributed by atoms with Gasteiger partial charge in [-0.1, -0.05) is 30.3 Å². The van der Waals surface area contributed by atoms with E-state index in [0.717, 1.165) is 5.56 Å². The number of carbonyl (C=O) groups is 3. The van der Waals surface area contributed by atoms with Crippen molar-refractivity contribution in [3.63, 3.8) is 0 Å². The molecule has 2 amide bonds. The van der Waals surface area contributed by atoms with Gasteiger partial charge in [-0.3, -0.25) is 14.4 Å². The molecule has 0 radical (unpaired) electrons. The van der Waals surface area contributed by atoms with Crippen molar-refractivity contribution in [2.75, 3.05) is 26.7 Å². The molecule has 1 N–H and O–H groups in total. The smallest absolute Gasteiger partial charge is 0.306 e. The lowest BCUT2D eigenvalue weighted by Crippen LogP contribution is -2.47. The number of ether oxygens (including phenoxy) is 1. The Balaban J connectivity index is 1.77. The summed E-state index contributed by atoms with van der Waals surface area (Å²) in [4.78, 5) is 38.7. The highest BCUT2D eigenvalue weighted by atomic mass is 16.5. The molecule has 1 fully saturated rings. The lowest BCUT2D eigenvalue weighted by atomic mass is 9.97. The van der Waals surface area contributed by atoms with Crippen molar-refractivity contribution in [2.45, 2.75) is 32.5 Å². The minimum absolute atomic E-state index is 0.0321. The van der Waals surface area contributed by atoms with Crippen molar-refractivity contribution < 1.29 is 24.2 Å². The third-order valence-electron chi connectivity index (χ3n) is 4.64. The number of carboxylic acid groups (broad SMARTS) is 1. The first-order valence-electron chi connectivity index (χ1n) is 8.79. The zero-order valence-electron chi connectivity index (χ0n) is 15.3. The summed E-state index contributed by atoms with van der Waals surface area (Å²) in [6.45, 7) is 2.80. The molecule has 1 heterocycles. The maximum atomic E-state index is 12.4. The molecule has 26 heavy (non-hydrogen) atoms. The predicted molar refractivity (Wildman–Crippen MR) is 95.3 cm³/mol. The monoisotopic (exact) mass is 362 g/mol. The number of aliphatic carboxylic acids is 1. The molecule has 7 nitrogen and oxygen atoms in total. The number of rotatable bonds is 7. The van der Waals surface area contributed by atoms with Crippen LogP contribution in [0.2, 0.25) is 0 Å². The van der Waals surface area contributed by atoms with E-state index in [9.17, 15) is 14.4 Å². The summed E-state index contributed by atoms with van der Waals surface area (Å²) in [7, 11) is 1.58. The van der Waals surface area contributed by atoms with E-state index >= 15 is 0 Å². The Kier molecular flexibility index (Phi) is 7.15. The van der Waals surface area contributed by atoms with Crippen molar-refractivity contribution in [2.24, 2.45) is 5.92 Å². The van der Waals surface area contributed by atoms with Crippen LogP contribution in [-0.2, 0) is 25.7 Å². The zero-order valence-corrected chi connectivity index (χ0v) is 15.3. The van der Waals surface area contributed by atoms with Crippen molar-refractivity contribution in [1.82, 2.24) is 9.80 Å². The normalized spacial score (nSPS) is 16.2. The Morgan fingerprint density at radius 3 is 2.42 bits per heavy atom. The molecule has 1 aliphatic heterocycles. The number of hydrogen-bond donors (Lipinski definition) is 1. The Bertz CT molecular complexity index is 626. The minimum atomic E-state index is -0.811. The summed E-state index contributed by atoms with van der Waals surface area (Å²) in [5.74, 6) is -1.62. The molecule has 7 heteroatoms. The maximum absolute atomic E-state index is 12.4.